The average Bonchev–Trinajstić information content (AvgIpc) is 2.31. The van der Waals surface area contributed by atoms with Gasteiger partial charge in [0.25, 0.3) is 0 Å². The van der Waals surface area contributed by atoms with Gasteiger partial charge in [0.1, 0.15) is 5.03 Å². The zero-order valence-corrected chi connectivity index (χ0v) is 10.0. The Bertz CT molecular complexity index is 476. The first-order valence-corrected chi connectivity index (χ1v) is 5.91. The predicted molar refractivity (Wildman–Crippen MR) is 65.5 cm³/mol. The average molecular weight is 252 g/mol. The van der Waals surface area contributed by atoms with E-state index in [9.17, 15) is 0 Å². The first kappa shape index (κ1) is 11.4. The number of nitrogens with two attached hydrogens (primary N) is 1. The van der Waals surface area contributed by atoms with Crippen LogP contribution in [0.5, 0.6) is 0 Å². The van der Waals surface area contributed by atoms with Crippen LogP contribution in [-0.4, -0.2) is 9.97 Å². The van der Waals surface area contributed by atoms with Crippen molar-refractivity contribution in [1.29, 1.82) is 0 Å². The molecular weight excluding hydrogens is 242 g/mol. The molecule has 2 rings (SSSR count). The lowest BCUT2D eigenvalue weighted by atomic mass is 10.2. The van der Waals surface area contributed by atoms with Gasteiger partial charge in [-0.05, 0) is 17.7 Å². The van der Waals surface area contributed by atoms with Gasteiger partial charge < -0.3 is 5.73 Å². The summed E-state index contributed by atoms with van der Waals surface area (Å²) in [7, 11) is 0. The Balaban J connectivity index is 2.20. The molecule has 0 spiro atoms. The molecule has 0 aliphatic rings. The minimum Gasteiger partial charge on any atom is -0.326 e. The van der Waals surface area contributed by atoms with Gasteiger partial charge in [-0.1, -0.05) is 29.4 Å². The molecule has 2 aromatic rings. The van der Waals surface area contributed by atoms with E-state index in [1.165, 1.54) is 11.8 Å². The fourth-order valence-electron chi connectivity index (χ4n) is 1.22. The summed E-state index contributed by atoms with van der Waals surface area (Å²) < 4.78 is 0. The second kappa shape index (κ2) is 5.30. The van der Waals surface area contributed by atoms with E-state index in [2.05, 4.69) is 9.97 Å². The van der Waals surface area contributed by atoms with Gasteiger partial charge in [-0.2, -0.15) is 0 Å². The number of rotatable bonds is 3. The molecule has 1 heterocycles. The summed E-state index contributed by atoms with van der Waals surface area (Å²) in [4.78, 5) is 9.21. The molecule has 1 aromatic heterocycles. The van der Waals surface area contributed by atoms with Crippen LogP contribution in [0.1, 0.15) is 5.56 Å². The van der Waals surface area contributed by atoms with Gasteiger partial charge in [0.05, 0.1) is 6.20 Å². The molecule has 0 saturated carbocycles. The van der Waals surface area contributed by atoms with Crippen LogP contribution in [0.15, 0.2) is 46.7 Å². The van der Waals surface area contributed by atoms with Gasteiger partial charge in [-0.3, -0.25) is 4.98 Å². The Kier molecular flexibility index (Phi) is 3.77. The van der Waals surface area contributed by atoms with Gasteiger partial charge in [-0.25, -0.2) is 4.98 Å². The van der Waals surface area contributed by atoms with E-state index in [4.69, 9.17) is 17.3 Å². The summed E-state index contributed by atoms with van der Waals surface area (Å²) in [5, 5.41) is 1.54. The zero-order chi connectivity index (χ0) is 11.4. The minimum absolute atomic E-state index is 0.453. The normalized spacial score (nSPS) is 10.4. The number of benzene rings is 1. The summed E-state index contributed by atoms with van der Waals surface area (Å²) in [6, 6.07) is 5.80. The van der Waals surface area contributed by atoms with Crippen LogP contribution in [-0.2, 0) is 6.54 Å². The monoisotopic (exact) mass is 251 g/mol. The van der Waals surface area contributed by atoms with Crippen LogP contribution < -0.4 is 5.73 Å². The first-order valence-electron chi connectivity index (χ1n) is 4.72. The van der Waals surface area contributed by atoms with E-state index in [1.807, 2.05) is 18.2 Å². The molecule has 0 bridgehead atoms. The van der Waals surface area contributed by atoms with Crippen molar-refractivity contribution in [3.05, 3.63) is 47.4 Å². The molecule has 0 fully saturated rings. The summed E-state index contributed by atoms with van der Waals surface area (Å²) >= 11 is 7.59. The third-order valence-electron chi connectivity index (χ3n) is 2.01. The summed E-state index contributed by atoms with van der Waals surface area (Å²) in [6.45, 7) is 0.453. The lowest BCUT2D eigenvalue weighted by Crippen LogP contribution is -1.96. The molecule has 2 N–H and O–H groups in total. The van der Waals surface area contributed by atoms with E-state index < -0.39 is 0 Å². The van der Waals surface area contributed by atoms with Crippen molar-refractivity contribution >= 4 is 23.4 Å². The van der Waals surface area contributed by atoms with E-state index in [0.717, 1.165) is 15.5 Å². The van der Waals surface area contributed by atoms with Crippen molar-refractivity contribution < 1.29 is 0 Å². The van der Waals surface area contributed by atoms with Crippen molar-refractivity contribution in [1.82, 2.24) is 9.97 Å². The van der Waals surface area contributed by atoms with Crippen LogP contribution in [0.4, 0.5) is 0 Å². The molecule has 82 valence electrons. The lowest BCUT2D eigenvalue weighted by molar-refractivity contribution is 1.05. The molecule has 0 amide bonds. The fraction of sp³-hybridized carbons (Fsp3) is 0.0909. The second-order valence-electron chi connectivity index (χ2n) is 3.10. The van der Waals surface area contributed by atoms with Crippen LogP contribution >= 0.6 is 23.4 Å². The molecule has 0 atom stereocenters. The number of halogens is 1. The quantitative estimate of drug-likeness (QED) is 0.911. The van der Waals surface area contributed by atoms with Crippen molar-refractivity contribution in [3.63, 3.8) is 0 Å². The Morgan fingerprint density at radius 3 is 2.81 bits per heavy atom. The summed E-state index contributed by atoms with van der Waals surface area (Å²) in [5.74, 6) is 0. The smallest absolute Gasteiger partial charge is 0.119 e. The maximum Gasteiger partial charge on any atom is 0.119 e. The van der Waals surface area contributed by atoms with E-state index >= 15 is 0 Å². The van der Waals surface area contributed by atoms with E-state index in [0.29, 0.717) is 11.6 Å². The van der Waals surface area contributed by atoms with Crippen LogP contribution in [0, 0.1) is 0 Å². The highest BCUT2D eigenvalue weighted by atomic mass is 35.5. The molecule has 0 saturated heterocycles. The molecule has 0 radical (unpaired) electrons. The first-order chi connectivity index (χ1) is 7.79. The molecule has 16 heavy (non-hydrogen) atoms. The molecule has 5 heteroatoms. The Labute approximate surface area is 103 Å². The number of aromatic nitrogens is 2. The third-order valence-corrected chi connectivity index (χ3v) is 3.27. The molecule has 0 aliphatic heterocycles. The Hall–Kier alpha value is -1.10. The van der Waals surface area contributed by atoms with Crippen LogP contribution in [0.2, 0.25) is 5.02 Å². The fourth-order valence-corrected chi connectivity index (χ4v) is 2.32. The molecule has 0 unspecified atom stereocenters. The van der Waals surface area contributed by atoms with Gasteiger partial charge in [0.15, 0.2) is 0 Å². The van der Waals surface area contributed by atoms with Gasteiger partial charge >= 0.3 is 0 Å². The van der Waals surface area contributed by atoms with Crippen molar-refractivity contribution in [2.75, 3.05) is 0 Å². The number of hydrogen-bond donors (Lipinski definition) is 1. The highest BCUT2D eigenvalue weighted by Crippen LogP contribution is 2.28. The lowest BCUT2D eigenvalue weighted by Gasteiger charge is -2.04. The van der Waals surface area contributed by atoms with Crippen molar-refractivity contribution in [2.24, 2.45) is 5.73 Å². The standard InChI is InChI=1S/C11H10ClN3S/c12-10-5-9(2-1-8(10)6-13)16-11-7-14-3-4-15-11/h1-5,7H,6,13H2. The van der Waals surface area contributed by atoms with Gasteiger partial charge in [-0.15, -0.1) is 0 Å². The summed E-state index contributed by atoms with van der Waals surface area (Å²) in [5.41, 5.74) is 6.49. The van der Waals surface area contributed by atoms with E-state index in [-0.39, 0.29) is 0 Å². The number of nitrogens with zero attached hydrogens (tertiary/aromatic N) is 2. The van der Waals surface area contributed by atoms with Crippen LogP contribution in [0.3, 0.4) is 0 Å². The van der Waals surface area contributed by atoms with Gasteiger partial charge in [0.2, 0.25) is 0 Å². The third kappa shape index (κ3) is 2.72. The number of hydrogen-bond acceptors (Lipinski definition) is 4. The van der Waals surface area contributed by atoms with Crippen molar-refractivity contribution in [3.8, 4) is 0 Å². The molecule has 1 aromatic carbocycles. The Morgan fingerprint density at radius 1 is 1.31 bits per heavy atom. The maximum atomic E-state index is 6.07. The Morgan fingerprint density at radius 2 is 2.19 bits per heavy atom. The van der Waals surface area contributed by atoms with Gasteiger partial charge in [0, 0.05) is 28.9 Å². The van der Waals surface area contributed by atoms with Crippen molar-refractivity contribution in [2.45, 2.75) is 16.5 Å². The molecule has 3 nitrogen and oxygen atoms in total. The minimum atomic E-state index is 0.453. The van der Waals surface area contributed by atoms with Crippen LogP contribution in [0.25, 0.3) is 0 Å². The SMILES string of the molecule is NCc1ccc(Sc2cnccn2)cc1Cl. The summed E-state index contributed by atoms with van der Waals surface area (Å²) in [6.07, 6.45) is 5.03. The maximum absolute atomic E-state index is 6.07. The zero-order valence-electron chi connectivity index (χ0n) is 8.43. The largest absolute Gasteiger partial charge is 0.326 e. The topological polar surface area (TPSA) is 51.8 Å². The highest BCUT2D eigenvalue weighted by Gasteiger charge is 2.02. The second-order valence-corrected chi connectivity index (χ2v) is 4.60. The highest BCUT2D eigenvalue weighted by molar-refractivity contribution is 7.99. The van der Waals surface area contributed by atoms with E-state index in [1.54, 1.807) is 18.6 Å². The molecule has 0 aliphatic carbocycles. The predicted octanol–water partition coefficient (Wildman–Crippen LogP) is 2.74. The molecular formula is C11H10ClN3S.